The number of pyridine rings is 1. The summed E-state index contributed by atoms with van der Waals surface area (Å²) in [6, 6.07) is 1.07. The zero-order chi connectivity index (χ0) is 18.1. The quantitative estimate of drug-likeness (QED) is 0.631. The summed E-state index contributed by atoms with van der Waals surface area (Å²) >= 11 is 5.76. The van der Waals surface area contributed by atoms with Crippen molar-refractivity contribution in [3.05, 3.63) is 27.4 Å². The lowest BCUT2D eigenvalue weighted by atomic mass is 9.79. The van der Waals surface area contributed by atoms with E-state index in [1.54, 1.807) is 0 Å². The summed E-state index contributed by atoms with van der Waals surface area (Å²) in [4.78, 5) is 27.5. The van der Waals surface area contributed by atoms with Crippen molar-refractivity contribution in [2.24, 2.45) is 11.3 Å². The van der Waals surface area contributed by atoms with Crippen LogP contribution < -0.4 is 5.32 Å². The Morgan fingerprint density at radius 1 is 1.58 bits per heavy atom. The number of anilines is 1. The van der Waals surface area contributed by atoms with E-state index in [0.29, 0.717) is 19.5 Å². The molecule has 0 bridgehead atoms. The molecule has 0 aromatic carbocycles. The summed E-state index contributed by atoms with van der Waals surface area (Å²) in [7, 11) is 0. The lowest BCUT2D eigenvalue weighted by molar-refractivity contribution is -0.384. The number of carbonyl (C=O) groups is 1. The first kappa shape index (κ1) is 18.3. The molecule has 2 rings (SSSR count). The predicted octanol–water partition coefficient (Wildman–Crippen LogP) is 3.47. The molecule has 1 saturated heterocycles. The van der Waals surface area contributed by atoms with E-state index in [2.05, 4.69) is 10.3 Å². The maximum Gasteiger partial charge on any atom is 0.407 e. The molecule has 132 valence electrons. The molecule has 2 heterocycles. The van der Waals surface area contributed by atoms with E-state index < -0.39 is 11.0 Å². The molecule has 24 heavy (non-hydrogen) atoms. The second kappa shape index (κ2) is 6.80. The van der Waals surface area contributed by atoms with Crippen molar-refractivity contribution in [1.29, 1.82) is 0 Å². The molecule has 1 aromatic heterocycles. The molecular weight excluding hydrogens is 336 g/mol. The van der Waals surface area contributed by atoms with Crippen LogP contribution in [0.15, 0.2) is 12.3 Å². The third-order valence-electron chi connectivity index (χ3n) is 4.22. The van der Waals surface area contributed by atoms with E-state index in [9.17, 15) is 20.0 Å². The van der Waals surface area contributed by atoms with Gasteiger partial charge in [0.15, 0.2) is 0 Å². The number of likely N-dealkylation sites (tertiary alicyclic amines) is 1. The number of halogens is 1. The zero-order valence-corrected chi connectivity index (χ0v) is 14.6. The number of hydrogen-bond acceptors (Lipinski definition) is 5. The molecule has 1 fully saturated rings. The van der Waals surface area contributed by atoms with Gasteiger partial charge >= 0.3 is 11.8 Å². The second-order valence-electron chi connectivity index (χ2n) is 6.99. The summed E-state index contributed by atoms with van der Waals surface area (Å²) in [5.74, 6) is 0.184. The molecule has 2 N–H and O–H groups in total. The molecule has 0 spiro atoms. The number of nitrogens with one attached hydrogen (secondary N) is 1. The van der Waals surface area contributed by atoms with E-state index in [-0.39, 0.29) is 33.9 Å². The highest BCUT2D eigenvalue weighted by Gasteiger charge is 2.43. The number of rotatable bonds is 4. The number of nitrogens with zero attached hydrogens (tertiary/aromatic N) is 3. The molecule has 1 amide bonds. The number of aromatic nitrogens is 1. The maximum atomic E-state index is 11.4. The smallest absolute Gasteiger partial charge is 0.407 e. The highest BCUT2D eigenvalue weighted by atomic mass is 35.5. The molecule has 1 aromatic rings. The average molecular weight is 357 g/mol. The Balaban J connectivity index is 2.17. The minimum atomic E-state index is -0.937. The van der Waals surface area contributed by atoms with Crippen LogP contribution in [0, 0.1) is 21.4 Å². The summed E-state index contributed by atoms with van der Waals surface area (Å²) in [5.41, 5.74) is -0.427. The molecule has 1 aliphatic heterocycles. The Labute approximate surface area is 145 Å². The lowest BCUT2D eigenvalue weighted by Crippen LogP contribution is -2.46. The minimum absolute atomic E-state index is 0.0400. The molecule has 0 saturated carbocycles. The predicted molar refractivity (Wildman–Crippen MR) is 90.5 cm³/mol. The number of nitro groups is 1. The van der Waals surface area contributed by atoms with E-state index >= 15 is 0 Å². The van der Waals surface area contributed by atoms with E-state index in [4.69, 9.17) is 11.6 Å². The largest absolute Gasteiger partial charge is 0.465 e. The SMILES string of the molecule is CC(C)(C)C1[C@H](CNc2ncc(Cl)cc2[N+](=O)[O-])CCN1C(=O)O. The Bertz CT molecular complexity index is 647. The van der Waals surface area contributed by atoms with Crippen molar-refractivity contribution in [2.45, 2.75) is 33.2 Å². The van der Waals surface area contributed by atoms with Crippen LogP contribution >= 0.6 is 11.6 Å². The van der Waals surface area contributed by atoms with Crippen LogP contribution in [-0.4, -0.2) is 45.1 Å². The minimum Gasteiger partial charge on any atom is -0.465 e. The fourth-order valence-corrected chi connectivity index (χ4v) is 3.54. The zero-order valence-electron chi connectivity index (χ0n) is 13.8. The fourth-order valence-electron chi connectivity index (χ4n) is 3.39. The molecular formula is C15H21ClN4O4. The highest BCUT2D eigenvalue weighted by Crippen LogP contribution is 2.37. The van der Waals surface area contributed by atoms with Gasteiger partial charge in [-0.1, -0.05) is 32.4 Å². The van der Waals surface area contributed by atoms with Crippen molar-refractivity contribution in [3.8, 4) is 0 Å². The van der Waals surface area contributed by atoms with Gasteiger partial charge in [0.25, 0.3) is 0 Å². The maximum absolute atomic E-state index is 11.4. The first-order chi connectivity index (χ1) is 11.1. The molecule has 1 unspecified atom stereocenters. The van der Waals surface area contributed by atoms with Crippen molar-refractivity contribution in [3.63, 3.8) is 0 Å². The standard InChI is InChI=1S/C15H21ClN4O4/c1-15(2,3)12-9(4-5-19(12)14(21)22)7-17-13-11(20(23)24)6-10(16)8-18-13/h6,8-9,12H,4-5,7H2,1-3H3,(H,17,18)(H,21,22)/t9-,12?/m0/s1. The number of carboxylic acid groups (broad SMARTS) is 1. The Hall–Kier alpha value is -2.09. The molecule has 8 nitrogen and oxygen atoms in total. The lowest BCUT2D eigenvalue weighted by Gasteiger charge is -2.37. The molecule has 0 aliphatic carbocycles. The first-order valence-corrected chi connectivity index (χ1v) is 8.02. The van der Waals surface area contributed by atoms with Gasteiger partial charge in [-0.2, -0.15) is 0 Å². The van der Waals surface area contributed by atoms with Crippen molar-refractivity contribution in [2.75, 3.05) is 18.4 Å². The van der Waals surface area contributed by atoms with Crippen LogP contribution in [0.3, 0.4) is 0 Å². The Kier molecular flexibility index (Phi) is 5.17. The van der Waals surface area contributed by atoms with Crippen LogP contribution in [0.2, 0.25) is 5.02 Å². The van der Waals surface area contributed by atoms with E-state index in [0.717, 1.165) is 0 Å². The van der Waals surface area contributed by atoms with Gasteiger partial charge in [0.2, 0.25) is 5.82 Å². The highest BCUT2D eigenvalue weighted by molar-refractivity contribution is 6.30. The van der Waals surface area contributed by atoms with Crippen molar-refractivity contribution >= 4 is 29.2 Å². The number of amides is 1. The van der Waals surface area contributed by atoms with E-state index in [1.807, 2.05) is 20.8 Å². The fraction of sp³-hybridized carbons (Fsp3) is 0.600. The first-order valence-electron chi connectivity index (χ1n) is 7.64. The molecule has 9 heteroatoms. The number of hydrogen-bond donors (Lipinski definition) is 2. The van der Waals surface area contributed by atoms with Gasteiger partial charge in [-0.05, 0) is 17.8 Å². The van der Waals surface area contributed by atoms with Gasteiger partial charge in [-0.15, -0.1) is 0 Å². The normalized spacial score (nSPS) is 20.9. The molecule has 0 radical (unpaired) electrons. The topological polar surface area (TPSA) is 109 Å². The Morgan fingerprint density at radius 2 is 2.25 bits per heavy atom. The summed E-state index contributed by atoms with van der Waals surface area (Å²) in [6.45, 7) is 6.85. The van der Waals surface area contributed by atoms with Gasteiger partial charge in [0, 0.05) is 31.4 Å². The van der Waals surface area contributed by atoms with Gasteiger partial charge < -0.3 is 15.3 Å². The Morgan fingerprint density at radius 3 is 2.79 bits per heavy atom. The van der Waals surface area contributed by atoms with Gasteiger partial charge in [-0.3, -0.25) is 10.1 Å². The van der Waals surface area contributed by atoms with E-state index in [1.165, 1.54) is 17.2 Å². The van der Waals surface area contributed by atoms with Crippen LogP contribution in [0.25, 0.3) is 0 Å². The van der Waals surface area contributed by atoms with Gasteiger partial charge in [0.05, 0.1) is 9.95 Å². The van der Waals surface area contributed by atoms with Crippen LogP contribution in [0.4, 0.5) is 16.3 Å². The summed E-state index contributed by atoms with van der Waals surface area (Å²) < 4.78 is 0. The monoisotopic (exact) mass is 356 g/mol. The van der Waals surface area contributed by atoms with Gasteiger partial charge in [-0.25, -0.2) is 9.78 Å². The van der Waals surface area contributed by atoms with Crippen LogP contribution in [-0.2, 0) is 0 Å². The van der Waals surface area contributed by atoms with Crippen molar-refractivity contribution in [1.82, 2.24) is 9.88 Å². The molecule has 2 atom stereocenters. The average Bonchev–Trinajstić information content (AvgIpc) is 2.90. The van der Waals surface area contributed by atoms with Crippen molar-refractivity contribution < 1.29 is 14.8 Å². The van der Waals surface area contributed by atoms with Crippen LogP contribution in [0.1, 0.15) is 27.2 Å². The van der Waals surface area contributed by atoms with Gasteiger partial charge in [0.1, 0.15) is 0 Å². The molecule has 1 aliphatic rings. The summed E-state index contributed by atoms with van der Waals surface area (Å²) in [6.07, 6.45) is 1.10. The third kappa shape index (κ3) is 3.87. The third-order valence-corrected chi connectivity index (χ3v) is 4.43. The summed E-state index contributed by atoms with van der Waals surface area (Å²) in [5, 5.41) is 23.7. The second-order valence-corrected chi connectivity index (χ2v) is 7.43. The van der Waals surface area contributed by atoms with Crippen LogP contribution in [0.5, 0.6) is 0 Å².